The van der Waals surface area contributed by atoms with E-state index in [4.69, 9.17) is 10.5 Å². The Morgan fingerprint density at radius 1 is 1.33 bits per heavy atom. The van der Waals surface area contributed by atoms with Crippen molar-refractivity contribution in [1.82, 2.24) is 9.78 Å². The molecule has 1 unspecified atom stereocenters. The summed E-state index contributed by atoms with van der Waals surface area (Å²) in [5.74, 6) is 0.688. The molecule has 2 aromatic rings. The van der Waals surface area contributed by atoms with Crippen LogP contribution >= 0.6 is 0 Å². The van der Waals surface area contributed by atoms with Crippen LogP contribution in [0.4, 0.5) is 5.82 Å². The Kier molecular flexibility index (Phi) is 3.67. The van der Waals surface area contributed by atoms with Crippen LogP contribution in [0.2, 0.25) is 0 Å². The molecule has 1 aromatic heterocycles. The molecule has 1 atom stereocenters. The molecule has 1 aromatic carbocycles. The number of rotatable bonds is 4. The maximum absolute atomic E-state index is 6.04. The van der Waals surface area contributed by atoms with Gasteiger partial charge in [0.25, 0.3) is 0 Å². The Hall–Kier alpha value is -1.81. The number of anilines is 1. The lowest BCUT2D eigenvalue weighted by molar-refractivity contribution is 0.119. The fourth-order valence-electron chi connectivity index (χ4n) is 2.01. The van der Waals surface area contributed by atoms with Gasteiger partial charge in [0.15, 0.2) is 0 Å². The molecule has 0 saturated heterocycles. The summed E-state index contributed by atoms with van der Waals surface area (Å²) in [6, 6.07) is 8.24. The zero-order valence-electron chi connectivity index (χ0n) is 11.1. The van der Waals surface area contributed by atoms with Gasteiger partial charge in [-0.3, -0.25) is 4.68 Å². The molecule has 0 radical (unpaired) electrons. The average molecular weight is 245 g/mol. The highest BCUT2D eigenvalue weighted by Crippen LogP contribution is 2.29. The molecule has 4 nitrogen and oxygen atoms in total. The molecule has 0 aliphatic rings. The summed E-state index contributed by atoms with van der Waals surface area (Å²) in [5.41, 5.74) is 9.38. The van der Waals surface area contributed by atoms with Crippen LogP contribution in [0.5, 0.6) is 0 Å². The maximum atomic E-state index is 6.04. The minimum atomic E-state index is 0.184. The Morgan fingerprint density at radius 2 is 2.06 bits per heavy atom. The van der Waals surface area contributed by atoms with Gasteiger partial charge in [0.05, 0.1) is 12.3 Å². The molecule has 0 aliphatic carbocycles. The van der Waals surface area contributed by atoms with E-state index >= 15 is 0 Å². The normalized spacial score (nSPS) is 12.6. The average Bonchev–Trinajstić information content (AvgIpc) is 2.71. The van der Waals surface area contributed by atoms with Crippen LogP contribution < -0.4 is 5.73 Å². The third-order valence-electron chi connectivity index (χ3n) is 3.20. The lowest BCUT2D eigenvalue weighted by atomic mass is 9.97. The van der Waals surface area contributed by atoms with Crippen LogP contribution in [0.1, 0.15) is 12.5 Å². The Labute approximate surface area is 107 Å². The number of aryl methyl sites for hydroxylation is 1. The smallest absolute Gasteiger partial charge is 0.129 e. The van der Waals surface area contributed by atoms with Crippen molar-refractivity contribution in [3.63, 3.8) is 0 Å². The fourth-order valence-corrected chi connectivity index (χ4v) is 2.01. The van der Waals surface area contributed by atoms with E-state index in [1.165, 1.54) is 5.56 Å². The quantitative estimate of drug-likeness (QED) is 0.898. The number of nitrogen functional groups attached to an aromatic ring is 1. The van der Waals surface area contributed by atoms with Crippen LogP contribution in [-0.2, 0) is 18.2 Å². The SMILES string of the molecule is COC(C)Cc1ccccc1-c1cnn(C)c1N. The molecule has 18 heavy (non-hydrogen) atoms. The molecule has 1 heterocycles. The van der Waals surface area contributed by atoms with E-state index < -0.39 is 0 Å². The predicted octanol–water partition coefficient (Wildman–Crippen LogP) is 2.25. The van der Waals surface area contributed by atoms with Gasteiger partial charge in [-0.05, 0) is 24.5 Å². The van der Waals surface area contributed by atoms with Crippen molar-refractivity contribution in [3.8, 4) is 11.1 Å². The minimum absolute atomic E-state index is 0.184. The zero-order chi connectivity index (χ0) is 13.1. The fraction of sp³-hybridized carbons (Fsp3) is 0.357. The summed E-state index contributed by atoms with van der Waals surface area (Å²) in [5, 5.41) is 4.19. The van der Waals surface area contributed by atoms with Gasteiger partial charge in [-0.2, -0.15) is 5.10 Å². The van der Waals surface area contributed by atoms with Gasteiger partial charge in [0, 0.05) is 19.7 Å². The Bertz CT molecular complexity index is 534. The van der Waals surface area contributed by atoms with Gasteiger partial charge in [-0.1, -0.05) is 24.3 Å². The van der Waals surface area contributed by atoms with Crippen LogP contribution in [0, 0.1) is 0 Å². The van der Waals surface area contributed by atoms with Gasteiger partial charge in [-0.25, -0.2) is 0 Å². The molecule has 96 valence electrons. The number of hydrogen-bond donors (Lipinski definition) is 1. The first kappa shape index (κ1) is 12.6. The van der Waals surface area contributed by atoms with Crippen LogP contribution in [0.15, 0.2) is 30.5 Å². The molecular weight excluding hydrogens is 226 g/mol. The summed E-state index contributed by atoms with van der Waals surface area (Å²) in [6.45, 7) is 2.06. The molecule has 0 saturated carbocycles. The highest BCUT2D eigenvalue weighted by molar-refractivity contribution is 5.76. The monoisotopic (exact) mass is 245 g/mol. The van der Waals surface area contributed by atoms with Crippen molar-refractivity contribution < 1.29 is 4.74 Å². The van der Waals surface area contributed by atoms with Gasteiger partial charge in [0.2, 0.25) is 0 Å². The van der Waals surface area contributed by atoms with Crippen LogP contribution in [-0.4, -0.2) is 23.0 Å². The maximum Gasteiger partial charge on any atom is 0.129 e. The van der Waals surface area contributed by atoms with E-state index in [-0.39, 0.29) is 6.10 Å². The number of nitrogens with zero attached hydrogens (tertiary/aromatic N) is 2. The van der Waals surface area contributed by atoms with E-state index in [2.05, 4.69) is 24.2 Å². The van der Waals surface area contributed by atoms with E-state index in [0.717, 1.165) is 17.5 Å². The topological polar surface area (TPSA) is 53.1 Å². The highest BCUT2D eigenvalue weighted by atomic mass is 16.5. The lowest BCUT2D eigenvalue weighted by Crippen LogP contribution is -2.09. The van der Waals surface area contributed by atoms with Crippen LogP contribution in [0.25, 0.3) is 11.1 Å². The number of hydrogen-bond acceptors (Lipinski definition) is 3. The lowest BCUT2D eigenvalue weighted by Gasteiger charge is -2.13. The second-order valence-corrected chi connectivity index (χ2v) is 4.47. The van der Waals surface area contributed by atoms with E-state index in [9.17, 15) is 0 Å². The standard InChI is InChI=1S/C14H19N3O/c1-10(18-3)8-11-6-4-5-7-12(11)13-9-16-17(2)14(13)15/h4-7,9-10H,8,15H2,1-3H3. The second kappa shape index (κ2) is 5.23. The van der Waals surface area contributed by atoms with Crippen LogP contribution in [0.3, 0.4) is 0 Å². The summed E-state index contributed by atoms with van der Waals surface area (Å²) in [6.07, 6.45) is 2.86. The first-order valence-electron chi connectivity index (χ1n) is 6.02. The molecule has 0 fully saturated rings. The van der Waals surface area contributed by atoms with E-state index in [1.54, 1.807) is 11.8 Å². The van der Waals surface area contributed by atoms with Gasteiger partial charge in [0.1, 0.15) is 5.82 Å². The van der Waals surface area contributed by atoms with E-state index in [1.807, 2.05) is 25.4 Å². The number of benzene rings is 1. The summed E-state index contributed by atoms with van der Waals surface area (Å²) in [7, 11) is 3.57. The predicted molar refractivity (Wildman–Crippen MR) is 73.2 cm³/mol. The Morgan fingerprint density at radius 3 is 2.67 bits per heavy atom. The molecule has 0 amide bonds. The number of aromatic nitrogens is 2. The number of methoxy groups -OCH3 is 1. The molecule has 2 rings (SSSR count). The molecule has 2 N–H and O–H groups in total. The molecule has 4 heteroatoms. The van der Waals surface area contributed by atoms with Gasteiger partial charge < -0.3 is 10.5 Å². The number of ether oxygens (including phenoxy) is 1. The first-order chi connectivity index (χ1) is 8.63. The van der Waals surface area contributed by atoms with Crippen molar-refractivity contribution >= 4 is 5.82 Å². The van der Waals surface area contributed by atoms with Crippen molar-refractivity contribution in [2.45, 2.75) is 19.4 Å². The number of nitrogens with two attached hydrogens (primary N) is 1. The zero-order valence-corrected chi connectivity index (χ0v) is 11.1. The highest BCUT2D eigenvalue weighted by Gasteiger charge is 2.12. The molecule has 0 bridgehead atoms. The second-order valence-electron chi connectivity index (χ2n) is 4.47. The minimum Gasteiger partial charge on any atom is -0.383 e. The van der Waals surface area contributed by atoms with Gasteiger partial charge >= 0.3 is 0 Å². The van der Waals surface area contributed by atoms with E-state index in [0.29, 0.717) is 5.82 Å². The Balaban J connectivity index is 2.41. The first-order valence-corrected chi connectivity index (χ1v) is 6.02. The summed E-state index contributed by atoms with van der Waals surface area (Å²) >= 11 is 0. The summed E-state index contributed by atoms with van der Waals surface area (Å²) < 4.78 is 7.01. The van der Waals surface area contributed by atoms with Crippen molar-refractivity contribution in [3.05, 3.63) is 36.0 Å². The molecular formula is C14H19N3O. The summed E-state index contributed by atoms with van der Waals surface area (Å²) in [4.78, 5) is 0. The molecule has 0 aliphatic heterocycles. The third-order valence-corrected chi connectivity index (χ3v) is 3.20. The van der Waals surface area contributed by atoms with Gasteiger partial charge in [-0.15, -0.1) is 0 Å². The largest absolute Gasteiger partial charge is 0.383 e. The van der Waals surface area contributed by atoms with Crippen molar-refractivity contribution in [2.24, 2.45) is 7.05 Å². The molecule has 0 spiro atoms. The third kappa shape index (κ3) is 2.38. The van der Waals surface area contributed by atoms with Crippen molar-refractivity contribution in [2.75, 3.05) is 12.8 Å². The van der Waals surface area contributed by atoms with Crippen molar-refractivity contribution in [1.29, 1.82) is 0 Å².